The van der Waals surface area contributed by atoms with E-state index in [-0.39, 0.29) is 27.8 Å². The number of nitriles is 1. The van der Waals surface area contributed by atoms with E-state index < -0.39 is 18.1 Å². The van der Waals surface area contributed by atoms with Crippen LogP contribution in [-0.4, -0.2) is 33.2 Å². The van der Waals surface area contributed by atoms with Gasteiger partial charge in [0.1, 0.15) is 5.75 Å². The van der Waals surface area contributed by atoms with Crippen molar-refractivity contribution in [2.45, 2.75) is 19.1 Å². The number of fused-ring (bicyclic) bond motifs is 2. The number of rotatable bonds is 3. The molecule has 0 amide bonds. The molecule has 4 rings (SSSR count). The van der Waals surface area contributed by atoms with Crippen LogP contribution in [0.4, 0.5) is 13.2 Å². The molecule has 0 aliphatic carbocycles. The quantitative estimate of drug-likeness (QED) is 0.528. The van der Waals surface area contributed by atoms with Crippen LogP contribution in [0.2, 0.25) is 0 Å². The minimum absolute atomic E-state index is 0.0357. The summed E-state index contributed by atoms with van der Waals surface area (Å²) < 4.78 is 48.7. The van der Waals surface area contributed by atoms with Crippen LogP contribution in [0.1, 0.15) is 22.7 Å². The van der Waals surface area contributed by atoms with Gasteiger partial charge >= 0.3 is 6.18 Å². The molecule has 2 heterocycles. The fourth-order valence-corrected chi connectivity index (χ4v) is 3.61. The molecule has 1 unspecified atom stereocenters. The van der Waals surface area contributed by atoms with E-state index in [4.69, 9.17) is 10.00 Å². The summed E-state index contributed by atoms with van der Waals surface area (Å²) in [5.41, 5.74) is 1.45. The molecule has 9 heteroatoms. The molecule has 148 valence electrons. The van der Waals surface area contributed by atoms with Gasteiger partial charge in [-0.05, 0) is 42.8 Å². The molecular formula is C20H15F3N4O2. The Morgan fingerprint density at radius 1 is 1.24 bits per heavy atom. The number of nitrogens with zero attached hydrogens (tertiary/aromatic N) is 3. The molecule has 1 atom stereocenters. The molecule has 0 aliphatic rings. The number of hydrogen-bond acceptors (Lipinski definition) is 4. The van der Waals surface area contributed by atoms with E-state index in [9.17, 15) is 18.3 Å². The van der Waals surface area contributed by atoms with Gasteiger partial charge in [-0.1, -0.05) is 0 Å². The largest absolute Gasteiger partial charge is 0.496 e. The van der Waals surface area contributed by atoms with Gasteiger partial charge in [0, 0.05) is 22.7 Å². The zero-order valence-electron chi connectivity index (χ0n) is 15.4. The number of methoxy groups -OCH3 is 1. The highest BCUT2D eigenvalue weighted by atomic mass is 19.4. The number of H-pyrrole nitrogens is 1. The Bertz CT molecular complexity index is 1280. The predicted molar refractivity (Wildman–Crippen MR) is 99.9 cm³/mol. The lowest BCUT2D eigenvalue weighted by Gasteiger charge is -2.24. The fraction of sp³-hybridized carbons (Fsp3) is 0.200. The van der Waals surface area contributed by atoms with Gasteiger partial charge in [-0.15, -0.1) is 0 Å². The van der Waals surface area contributed by atoms with Crippen LogP contribution in [-0.2, 0) is 0 Å². The average molecular weight is 400 g/mol. The second-order valence-corrected chi connectivity index (χ2v) is 6.63. The van der Waals surface area contributed by atoms with Crippen LogP contribution in [0.3, 0.4) is 0 Å². The summed E-state index contributed by atoms with van der Waals surface area (Å²) in [5, 5.41) is 24.0. The number of nitrogens with one attached hydrogen (secondary N) is 1. The van der Waals surface area contributed by atoms with Gasteiger partial charge in [0.25, 0.3) is 0 Å². The van der Waals surface area contributed by atoms with Gasteiger partial charge < -0.3 is 14.8 Å². The maximum Gasteiger partial charge on any atom is 0.415 e. The first kappa shape index (κ1) is 18.7. The Labute approximate surface area is 162 Å². The van der Waals surface area contributed by atoms with Crippen molar-refractivity contribution in [3.63, 3.8) is 0 Å². The number of aromatic nitrogens is 3. The number of halogens is 3. The Morgan fingerprint density at radius 2 is 2.00 bits per heavy atom. The highest BCUT2D eigenvalue weighted by molar-refractivity contribution is 5.89. The third kappa shape index (κ3) is 2.84. The Hall–Kier alpha value is -3.67. The molecule has 6 nitrogen and oxygen atoms in total. The van der Waals surface area contributed by atoms with Gasteiger partial charge in [-0.25, -0.2) is 4.68 Å². The van der Waals surface area contributed by atoms with Gasteiger partial charge in [-0.3, -0.25) is 0 Å². The van der Waals surface area contributed by atoms with Crippen LogP contribution in [0, 0.1) is 18.3 Å². The van der Waals surface area contributed by atoms with Gasteiger partial charge in [-0.2, -0.15) is 23.5 Å². The summed E-state index contributed by atoms with van der Waals surface area (Å²) >= 11 is 0. The van der Waals surface area contributed by atoms with E-state index in [1.165, 1.54) is 37.4 Å². The number of benzene rings is 2. The van der Waals surface area contributed by atoms with Crippen LogP contribution in [0.25, 0.3) is 21.8 Å². The van der Waals surface area contributed by atoms with E-state index in [1.54, 1.807) is 13.1 Å². The Kier molecular flexibility index (Phi) is 4.15. The number of aromatic hydroxyl groups is 1. The van der Waals surface area contributed by atoms with Crippen molar-refractivity contribution >= 4 is 21.8 Å². The summed E-state index contributed by atoms with van der Waals surface area (Å²) in [7, 11) is 1.29. The molecule has 4 aromatic rings. The summed E-state index contributed by atoms with van der Waals surface area (Å²) in [6.45, 7) is 1.76. The highest BCUT2D eigenvalue weighted by Crippen LogP contribution is 2.46. The lowest BCUT2D eigenvalue weighted by Crippen LogP contribution is -2.29. The average Bonchev–Trinajstić information content (AvgIpc) is 3.28. The lowest BCUT2D eigenvalue weighted by molar-refractivity contribution is -0.160. The minimum Gasteiger partial charge on any atom is -0.496 e. The molecule has 0 saturated carbocycles. The van der Waals surface area contributed by atoms with Crippen LogP contribution in [0.15, 0.2) is 36.5 Å². The van der Waals surface area contributed by atoms with Gasteiger partial charge in [0.05, 0.1) is 29.6 Å². The van der Waals surface area contributed by atoms with E-state index in [0.717, 1.165) is 5.56 Å². The van der Waals surface area contributed by atoms with Crippen molar-refractivity contribution in [3.05, 3.63) is 53.2 Å². The van der Waals surface area contributed by atoms with E-state index in [1.807, 2.05) is 6.07 Å². The van der Waals surface area contributed by atoms with Gasteiger partial charge in [0.2, 0.25) is 5.88 Å². The maximum absolute atomic E-state index is 14.3. The molecular weight excluding hydrogens is 385 g/mol. The third-order valence-electron chi connectivity index (χ3n) is 4.89. The van der Waals surface area contributed by atoms with Crippen molar-refractivity contribution in [3.8, 4) is 17.7 Å². The van der Waals surface area contributed by atoms with Crippen molar-refractivity contribution in [2.24, 2.45) is 0 Å². The Balaban J connectivity index is 2.07. The number of ether oxygens (including phenoxy) is 1. The van der Waals surface area contributed by atoms with Crippen molar-refractivity contribution in [1.82, 2.24) is 14.8 Å². The standard InChI is InChI=1S/C20H15F3N4O2/c1-10-7-15(29-2)16(12-5-6-25-17(10)12)18(20(21,22)23)27-19(28)13-8-11(9-24)3-4-14(13)26-27/h3-8,18,25,28H,1-2H3. The van der Waals surface area contributed by atoms with Crippen LogP contribution < -0.4 is 4.74 Å². The SMILES string of the molecule is COc1cc(C)c2[nH]ccc2c1C(n1nc2ccc(C#N)cc2c1O)C(F)(F)F. The van der Waals surface area contributed by atoms with E-state index in [2.05, 4.69) is 10.1 Å². The highest BCUT2D eigenvalue weighted by Gasteiger charge is 2.47. The molecule has 2 N–H and O–H groups in total. The maximum atomic E-state index is 14.3. The molecule has 0 radical (unpaired) electrons. The Morgan fingerprint density at radius 3 is 2.66 bits per heavy atom. The van der Waals surface area contributed by atoms with Crippen molar-refractivity contribution < 1.29 is 23.0 Å². The smallest absolute Gasteiger partial charge is 0.415 e. The second-order valence-electron chi connectivity index (χ2n) is 6.63. The normalized spacial score (nSPS) is 13.0. The summed E-state index contributed by atoms with van der Waals surface area (Å²) in [6, 6.07) is 6.78. The molecule has 0 bridgehead atoms. The van der Waals surface area contributed by atoms with Gasteiger partial charge in [0.15, 0.2) is 6.04 Å². The number of aryl methyl sites for hydroxylation is 1. The first-order chi connectivity index (χ1) is 13.8. The zero-order chi connectivity index (χ0) is 20.9. The zero-order valence-corrected chi connectivity index (χ0v) is 15.4. The fourth-order valence-electron chi connectivity index (χ4n) is 3.61. The molecule has 2 aromatic carbocycles. The van der Waals surface area contributed by atoms with Crippen LogP contribution in [0.5, 0.6) is 11.6 Å². The summed E-state index contributed by atoms with van der Waals surface area (Å²) in [5.74, 6) is -0.640. The monoisotopic (exact) mass is 400 g/mol. The number of alkyl halides is 3. The molecule has 0 saturated heterocycles. The molecule has 0 aliphatic heterocycles. The molecule has 0 spiro atoms. The van der Waals surface area contributed by atoms with Crippen molar-refractivity contribution in [1.29, 1.82) is 5.26 Å². The van der Waals surface area contributed by atoms with E-state index in [0.29, 0.717) is 15.6 Å². The summed E-state index contributed by atoms with van der Waals surface area (Å²) in [6.07, 6.45) is -3.24. The lowest BCUT2D eigenvalue weighted by atomic mass is 9.98. The van der Waals surface area contributed by atoms with Crippen molar-refractivity contribution in [2.75, 3.05) is 7.11 Å². The third-order valence-corrected chi connectivity index (χ3v) is 4.89. The molecule has 0 fully saturated rings. The topological polar surface area (TPSA) is 86.9 Å². The van der Waals surface area contributed by atoms with Crippen LogP contribution >= 0.6 is 0 Å². The predicted octanol–water partition coefficient (Wildman–Crippen LogP) is 4.56. The first-order valence-corrected chi connectivity index (χ1v) is 8.59. The second kappa shape index (κ2) is 6.44. The number of hydrogen-bond donors (Lipinski definition) is 2. The first-order valence-electron chi connectivity index (χ1n) is 8.59. The summed E-state index contributed by atoms with van der Waals surface area (Å²) in [4.78, 5) is 2.94. The molecule has 2 aromatic heterocycles. The molecule has 29 heavy (non-hydrogen) atoms. The van der Waals surface area contributed by atoms with E-state index >= 15 is 0 Å². The number of aromatic amines is 1. The minimum atomic E-state index is -4.79.